The summed E-state index contributed by atoms with van der Waals surface area (Å²) >= 11 is 0. The molecule has 1 atom stereocenters. The molecule has 0 bridgehead atoms. The first-order valence-electron chi connectivity index (χ1n) is 3.15. The zero-order chi connectivity index (χ0) is 5.11. The van der Waals surface area contributed by atoms with Crippen molar-refractivity contribution in [2.24, 2.45) is 0 Å². The molecule has 0 aromatic heterocycles. The van der Waals surface area contributed by atoms with Crippen LogP contribution in [0.2, 0.25) is 0 Å². The Kier molecular flexibility index (Phi) is 2.12. The lowest BCUT2D eigenvalue weighted by molar-refractivity contribution is 0.516. The summed E-state index contributed by atoms with van der Waals surface area (Å²) in [4.78, 5) is 0. The van der Waals surface area contributed by atoms with Gasteiger partial charge in [0.15, 0.2) is 0 Å². The van der Waals surface area contributed by atoms with Gasteiger partial charge in [-0.05, 0) is 18.5 Å². The highest BCUT2D eigenvalue weighted by Gasteiger charge is 2.06. The fourth-order valence-corrected chi connectivity index (χ4v) is 1.61. The quantitative estimate of drug-likeness (QED) is 0.397. The highest BCUT2D eigenvalue weighted by Crippen LogP contribution is 2.23. The number of hydrogen-bond acceptors (Lipinski definition) is 0. The maximum atomic E-state index is 2.91. The topological polar surface area (TPSA) is 0 Å². The normalized spacial score (nSPS) is 25.3. The zero-order valence-electron chi connectivity index (χ0n) is 4.69. The van der Waals surface area contributed by atoms with E-state index in [1.807, 2.05) is 0 Å². The van der Waals surface area contributed by atoms with Crippen LogP contribution in [0.5, 0.6) is 0 Å². The van der Waals surface area contributed by atoms with Gasteiger partial charge in [0.05, 0.1) is 0 Å². The van der Waals surface area contributed by atoms with Gasteiger partial charge in [-0.15, -0.1) is 9.24 Å². The highest BCUT2D eigenvalue weighted by molar-refractivity contribution is 7.17. The summed E-state index contributed by atoms with van der Waals surface area (Å²) < 4.78 is 0. The summed E-state index contributed by atoms with van der Waals surface area (Å²) in [6.45, 7) is 0. The Morgan fingerprint density at radius 3 is 1.86 bits per heavy atom. The molecule has 0 heterocycles. The lowest BCUT2D eigenvalue weighted by Crippen LogP contribution is -2.02. The van der Waals surface area contributed by atoms with Gasteiger partial charge >= 0.3 is 0 Å². The van der Waals surface area contributed by atoms with Gasteiger partial charge in [0.1, 0.15) is 0 Å². The van der Waals surface area contributed by atoms with Crippen molar-refractivity contribution >= 4 is 9.24 Å². The molecule has 0 aromatic carbocycles. The summed E-state index contributed by atoms with van der Waals surface area (Å²) in [5.41, 5.74) is 0.953. The van der Waals surface area contributed by atoms with E-state index >= 15 is 0 Å². The molecule has 1 aliphatic rings. The van der Waals surface area contributed by atoms with Gasteiger partial charge in [-0.3, -0.25) is 0 Å². The molecule has 0 aromatic rings. The van der Waals surface area contributed by atoms with Crippen LogP contribution < -0.4 is 0 Å². The Balaban J connectivity index is 2.12. The minimum Gasteiger partial charge on any atom is -0.134 e. The van der Waals surface area contributed by atoms with E-state index in [1.165, 1.54) is 32.1 Å². The van der Waals surface area contributed by atoms with Crippen molar-refractivity contribution in [3.05, 3.63) is 0 Å². The average molecular weight is 87.2 g/mol. The van der Waals surface area contributed by atoms with Crippen molar-refractivity contribution in [2.45, 2.75) is 37.8 Å². The summed E-state index contributed by atoms with van der Waals surface area (Å²) in [7, 11) is 2.91. The lowest BCUT2D eigenvalue weighted by atomic mass is 1.90. The second-order valence-electron chi connectivity index (χ2n) is 2.40. The van der Waals surface area contributed by atoms with Crippen LogP contribution >= 0.6 is 9.24 Å². The van der Waals surface area contributed by atoms with Crippen molar-refractivity contribution < 1.29 is 0 Å². The second kappa shape index (κ2) is 2.67. The maximum Gasteiger partial charge on any atom is -0.0264 e. The predicted molar refractivity (Wildman–Crippen MR) is 36.6 cm³/mol. The first-order valence-corrected chi connectivity index (χ1v) is 3.82. The molecule has 0 nitrogen and oxygen atoms in total. The fraction of sp³-hybridized carbons (Fsp3) is 1.00. The van der Waals surface area contributed by atoms with Gasteiger partial charge < -0.3 is 0 Å². The van der Waals surface area contributed by atoms with Gasteiger partial charge in [0.25, 0.3) is 0 Å². The Bertz CT molecular complexity index is 46.1. The van der Waals surface area contributed by atoms with E-state index in [0.717, 1.165) is 5.66 Å². The zero-order valence-corrected chi connectivity index (χ0v) is 5.84. The minimum atomic E-state index is 0.953. The van der Waals surface area contributed by atoms with E-state index in [2.05, 4.69) is 9.24 Å². The molecular formula is C6H13P. The van der Waals surface area contributed by atoms with Gasteiger partial charge in [-0.1, -0.05) is 19.3 Å². The van der Waals surface area contributed by atoms with Crippen LogP contribution in [0.3, 0.4) is 0 Å². The smallest absolute Gasteiger partial charge is 0.0264 e. The molecule has 1 saturated carbocycles. The van der Waals surface area contributed by atoms with Crippen molar-refractivity contribution in [3.8, 4) is 0 Å². The van der Waals surface area contributed by atoms with Crippen molar-refractivity contribution in [1.82, 2.24) is 0 Å². The monoisotopic (exact) mass is 87.1 g/mol. The maximum absolute atomic E-state index is 2.91. The summed E-state index contributed by atoms with van der Waals surface area (Å²) in [5, 5.41) is 0. The van der Waals surface area contributed by atoms with Crippen LogP contribution in [0.1, 0.15) is 32.1 Å². The second-order valence-corrected chi connectivity index (χ2v) is 3.34. The van der Waals surface area contributed by atoms with Crippen molar-refractivity contribution in [3.63, 3.8) is 0 Å². The number of hydrogen-bond donors (Lipinski definition) is 0. The molecule has 0 saturated heterocycles. The Labute approximate surface area is 47.9 Å². The molecule has 42 valence electrons. The molecule has 7 heavy (non-hydrogen) atoms. The van der Waals surface area contributed by atoms with Crippen LogP contribution in [0.15, 0.2) is 0 Å². The van der Waals surface area contributed by atoms with Gasteiger partial charge in [-0.2, -0.15) is 0 Å². The fourth-order valence-electron chi connectivity index (χ4n) is 1.13. The molecular weight excluding hydrogens is 74.1 g/mol. The molecule has 0 aliphatic heterocycles. The van der Waals surface area contributed by atoms with E-state index in [-0.39, 0.29) is 0 Å². The van der Waals surface area contributed by atoms with Crippen molar-refractivity contribution in [2.75, 3.05) is 0 Å². The summed E-state index contributed by atoms with van der Waals surface area (Å²) in [5.74, 6) is 0. The summed E-state index contributed by atoms with van der Waals surface area (Å²) in [6, 6.07) is 0. The molecule has 0 spiro atoms. The van der Waals surface area contributed by atoms with Gasteiger partial charge in [-0.25, -0.2) is 0 Å². The van der Waals surface area contributed by atoms with Crippen LogP contribution in [-0.2, 0) is 0 Å². The molecule has 0 N–H and O–H groups in total. The van der Waals surface area contributed by atoms with E-state index < -0.39 is 0 Å². The van der Waals surface area contributed by atoms with Crippen LogP contribution in [0.25, 0.3) is 0 Å². The third-order valence-electron chi connectivity index (χ3n) is 1.65. The van der Waals surface area contributed by atoms with E-state index in [9.17, 15) is 0 Å². The molecule has 1 fully saturated rings. The molecule has 0 amide bonds. The molecule has 1 rings (SSSR count). The largest absolute Gasteiger partial charge is 0.134 e. The van der Waals surface area contributed by atoms with Crippen LogP contribution in [-0.4, -0.2) is 5.66 Å². The third kappa shape index (κ3) is 1.78. The average Bonchev–Trinajstić information content (AvgIpc) is 1.69. The minimum absolute atomic E-state index is 0.953. The third-order valence-corrected chi connectivity index (χ3v) is 2.32. The highest BCUT2D eigenvalue weighted by atomic mass is 14.0. The van der Waals surface area contributed by atoms with Crippen LogP contribution in [0.4, 0.5) is 0 Å². The Morgan fingerprint density at radius 1 is 1.00 bits per heavy atom. The Hall–Kier alpha value is 0.430. The summed E-state index contributed by atoms with van der Waals surface area (Å²) in [6.07, 6.45) is 7.31. The standard InChI is InChI=1S/C6H13P/c7-6-4-2-1-3-5-6/h6H,1-5,7H2/i7-29. The SMILES string of the molecule is [2PH2]C1CCCCC1. The first-order chi connectivity index (χ1) is 3.39. The molecule has 1 unspecified atom stereocenters. The predicted octanol–water partition coefficient (Wildman–Crippen LogP) is 2.19. The van der Waals surface area contributed by atoms with Gasteiger partial charge in [0, 0.05) is 0 Å². The van der Waals surface area contributed by atoms with Gasteiger partial charge in [0.2, 0.25) is 0 Å². The molecule has 1 heteroatoms. The number of rotatable bonds is 0. The van der Waals surface area contributed by atoms with E-state index in [0.29, 0.717) is 0 Å². The van der Waals surface area contributed by atoms with Crippen LogP contribution in [0, 0.1) is 0 Å². The lowest BCUT2D eigenvalue weighted by Gasteiger charge is -2.15. The first kappa shape index (κ1) is 5.56. The Morgan fingerprint density at radius 2 is 1.57 bits per heavy atom. The van der Waals surface area contributed by atoms with E-state index in [4.69, 9.17) is 0 Å². The molecule has 0 radical (unpaired) electrons. The van der Waals surface area contributed by atoms with Crippen molar-refractivity contribution in [1.29, 1.82) is 0 Å². The molecule has 1 aliphatic carbocycles. The van der Waals surface area contributed by atoms with E-state index in [1.54, 1.807) is 0 Å².